The van der Waals surface area contributed by atoms with Crippen molar-refractivity contribution in [3.05, 3.63) is 64.5 Å². The number of aromatic nitrogens is 1. The second-order valence-electron chi connectivity index (χ2n) is 5.62. The number of rotatable bonds is 0. The van der Waals surface area contributed by atoms with E-state index in [1.54, 1.807) is 17.5 Å². The Balaban J connectivity index is 1.74. The lowest BCUT2D eigenvalue weighted by molar-refractivity contribution is 0.543. The van der Waals surface area contributed by atoms with Crippen molar-refractivity contribution in [3.8, 4) is 11.8 Å². The van der Waals surface area contributed by atoms with Crippen LogP contribution in [0.25, 0.3) is 30.9 Å². The summed E-state index contributed by atoms with van der Waals surface area (Å²) in [4.78, 5) is 6.41. The van der Waals surface area contributed by atoms with Crippen LogP contribution in [-0.2, 0) is 0 Å². The van der Waals surface area contributed by atoms with Crippen molar-refractivity contribution < 1.29 is 4.42 Å². The monoisotopic (exact) mass is 345 g/mol. The summed E-state index contributed by atoms with van der Waals surface area (Å²) in [6, 6.07) is 13.3. The lowest BCUT2D eigenvalue weighted by Crippen LogP contribution is -1.72. The fourth-order valence-corrected chi connectivity index (χ4v) is 5.07. The summed E-state index contributed by atoms with van der Waals surface area (Å²) in [7, 11) is 0. The van der Waals surface area contributed by atoms with Gasteiger partial charge in [0.2, 0.25) is 0 Å². The first-order chi connectivity index (χ1) is 11.8. The standard InChI is InChI=1S/C20H11NOS2/c1-12-10-13-2-5-17-16(19(13)23-12)6-3-14-11-15(24-20(14)17)4-7-18-21-8-9-22-18/h2-3,5-6,8-11H,1H3. The molecule has 0 atom stereocenters. The normalized spacial score (nSPS) is 11.2. The number of fused-ring (bicyclic) bond motifs is 5. The van der Waals surface area contributed by atoms with E-state index in [1.165, 1.54) is 42.1 Å². The minimum absolute atomic E-state index is 0.452. The number of nitrogens with zero attached hydrogens (tertiary/aromatic N) is 1. The van der Waals surface area contributed by atoms with Gasteiger partial charge in [0.1, 0.15) is 6.26 Å². The Morgan fingerprint density at radius 2 is 1.67 bits per heavy atom. The summed E-state index contributed by atoms with van der Waals surface area (Å²) in [5.41, 5.74) is 0. The maximum absolute atomic E-state index is 5.17. The van der Waals surface area contributed by atoms with Crippen LogP contribution in [-0.4, -0.2) is 4.98 Å². The molecule has 24 heavy (non-hydrogen) atoms. The molecule has 0 aliphatic carbocycles. The summed E-state index contributed by atoms with van der Waals surface area (Å²) >= 11 is 3.59. The van der Waals surface area contributed by atoms with Crippen LogP contribution in [0, 0.1) is 18.8 Å². The Bertz CT molecular complexity index is 1260. The maximum atomic E-state index is 5.17. The van der Waals surface area contributed by atoms with Gasteiger partial charge in [-0.1, -0.05) is 24.3 Å². The van der Waals surface area contributed by atoms with Gasteiger partial charge in [-0.05, 0) is 41.7 Å². The summed E-state index contributed by atoms with van der Waals surface area (Å²) in [6.45, 7) is 2.16. The van der Waals surface area contributed by atoms with Crippen molar-refractivity contribution in [3.63, 3.8) is 0 Å². The van der Waals surface area contributed by atoms with Gasteiger partial charge in [-0.15, -0.1) is 22.7 Å². The van der Waals surface area contributed by atoms with Crippen LogP contribution < -0.4 is 0 Å². The fourth-order valence-electron chi connectivity index (χ4n) is 2.99. The predicted octanol–water partition coefficient (Wildman–Crippen LogP) is 5.97. The van der Waals surface area contributed by atoms with Crippen molar-refractivity contribution in [1.82, 2.24) is 4.98 Å². The Kier molecular flexibility index (Phi) is 2.99. The predicted molar refractivity (Wildman–Crippen MR) is 102 cm³/mol. The molecule has 0 bridgehead atoms. The third-order valence-electron chi connectivity index (χ3n) is 4.01. The minimum Gasteiger partial charge on any atom is -0.439 e. The average molecular weight is 345 g/mol. The lowest BCUT2D eigenvalue weighted by Gasteiger charge is -2.00. The zero-order chi connectivity index (χ0) is 16.1. The molecule has 3 heterocycles. The first kappa shape index (κ1) is 13.8. The van der Waals surface area contributed by atoms with Crippen molar-refractivity contribution in [2.45, 2.75) is 6.92 Å². The van der Waals surface area contributed by atoms with Gasteiger partial charge in [0.25, 0.3) is 5.89 Å². The van der Waals surface area contributed by atoms with E-state index in [0.29, 0.717) is 5.89 Å². The van der Waals surface area contributed by atoms with Crippen LogP contribution in [0.3, 0.4) is 0 Å². The highest BCUT2D eigenvalue weighted by molar-refractivity contribution is 7.21. The van der Waals surface area contributed by atoms with E-state index in [2.05, 4.69) is 60.1 Å². The SMILES string of the molecule is Cc1cc2ccc3c(ccc4cc(C#Cc5ncco5)sc43)c2s1. The molecule has 0 saturated heterocycles. The van der Waals surface area contributed by atoms with E-state index in [0.717, 1.165) is 4.88 Å². The highest BCUT2D eigenvalue weighted by Gasteiger charge is 2.09. The van der Waals surface area contributed by atoms with E-state index in [1.807, 2.05) is 11.3 Å². The Labute approximate surface area is 146 Å². The van der Waals surface area contributed by atoms with Crippen LogP contribution >= 0.6 is 22.7 Å². The molecule has 0 amide bonds. The van der Waals surface area contributed by atoms with Crippen molar-refractivity contribution in [2.75, 3.05) is 0 Å². The molecule has 0 radical (unpaired) electrons. The van der Waals surface area contributed by atoms with Gasteiger partial charge in [0.05, 0.1) is 11.1 Å². The lowest BCUT2D eigenvalue weighted by atomic mass is 10.1. The molecular formula is C20H11NOS2. The molecule has 0 N–H and O–H groups in total. The largest absolute Gasteiger partial charge is 0.439 e. The van der Waals surface area contributed by atoms with Gasteiger partial charge in [-0.25, -0.2) is 4.98 Å². The van der Waals surface area contributed by atoms with Crippen LogP contribution in [0.15, 0.2) is 53.3 Å². The molecular weight excluding hydrogens is 334 g/mol. The minimum atomic E-state index is 0.452. The molecule has 2 aromatic carbocycles. The van der Waals surface area contributed by atoms with E-state index < -0.39 is 0 Å². The van der Waals surface area contributed by atoms with Crippen molar-refractivity contribution in [1.29, 1.82) is 0 Å². The van der Waals surface area contributed by atoms with Crippen LogP contribution in [0.5, 0.6) is 0 Å². The summed E-state index contributed by atoms with van der Waals surface area (Å²) < 4.78 is 7.83. The average Bonchev–Trinajstić information content (AvgIpc) is 3.30. The van der Waals surface area contributed by atoms with Gasteiger partial charge in [0.15, 0.2) is 0 Å². The second-order valence-corrected chi connectivity index (χ2v) is 7.93. The number of aryl methyl sites for hydroxylation is 1. The number of hydrogen-bond acceptors (Lipinski definition) is 4. The quantitative estimate of drug-likeness (QED) is 0.323. The second kappa shape index (κ2) is 5.20. The number of hydrogen-bond donors (Lipinski definition) is 0. The van der Waals surface area contributed by atoms with E-state index in [9.17, 15) is 0 Å². The smallest absolute Gasteiger partial charge is 0.273 e. The molecule has 5 aromatic rings. The number of benzene rings is 2. The highest BCUT2D eigenvalue weighted by atomic mass is 32.1. The number of oxazole rings is 1. The zero-order valence-corrected chi connectivity index (χ0v) is 14.4. The molecule has 114 valence electrons. The van der Waals surface area contributed by atoms with E-state index in [-0.39, 0.29) is 0 Å². The molecule has 0 fully saturated rings. The van der Waals surface area contributed by atoms with Gasteiger partial charge in [-0.3, -0.25) is 0 Å². The maximum Gasteiger partial charge on any atom is 0.273 e. The van der Waals surface area contributed by atoms with E-state index in [4.69, 9.17) is 4.42 Å². The Morgan fingerprint density at radius 3 is 2.42 bits per heavy atom. The van der Waals surface area contributed by atoms with Gasteiger partial charge >= 0.3 is 0 Å². The van der Waals surface area contributed by atoms with Crippen LogP contribution in [0.2, 0.25) is 0 Å². The van der Waals surface area contributed by atoms with Gasteiger partial charge in [0, 0.05) is 25.0 Å². The molecule has 0 saturated carbocycles. The topological polar surface area (TPSA) is 26.0 Å². The molecule has 2 nitrogen and oxygen atoms in total. The van der Waals surface area contributed by atoms with Gasteiger partial charge in [-0.2, -0.15) is 0 Å². The first-order valence-electron chi connectivity index (χ1n) is 7.55. The molecule has 5 rings (SSSR count). The molecule has 4 heteroatoms. The molecule has 0 spiro atoms. The summed E-state index contributed by atoms with van der Waals surface area (Å²) in [5, 5.41) is 5.19. The molecule has 0 aliphatic heterocycles. The van der Waals surface area contributed by atoms with Crippen LogP contribution in [0.4, 0.5) is 0 Å². The number of thiophene rings is 2. The highest BCUT2D eigenvalue weighted by Crippen LogP contribution is 2.38. The third-order valence-corrected chi connectivity index (χ3v) is 6.21. The van der Waals surface area contributed by atoms with Crippen molar-refractivity contribution >= 4 is 53.6 Å². The fraction of sp³-hybridized carbons (Fsp3) is 0.0500. The summed E-state index contributed by atoms with van der Waals surface area (Å²) in [6.07, 6.45) is 3.15. The molecule has 3 aromatic heterocycles. The molecule has 0 aliphatic rings. The van der Waals surface area contributed by atoms with Crippen LogP contribution in [0.1, 0.15) is 15.6 Å². The summed E-state index contributed by atoms with van der Waals surface area (Å²) in [5.74, 6) is 6.58. The van der Waals surface area contributed by atoms with E-state index >= 15 is 0 Å². The first-order valence-corrected chi connectivity index (χ1v) is 9.18. The Morgan fingerprint density at radius 1 is 0.917 bits per heavy atom. The Hall–Kier alpha value is -2.61. The third kappa shape index (κ3) is 2.14. The van der Waals surface area contributed by atoms with Crippen molar-refractivity contribution in [2.24, 2.45) is 0 Å². The van der Waals surface area contributed by atoms with Gasteiger partial charge < -0.3 is 4.42 Å². The zero-order valence-electron chi connectivity index (χ0n) is 12.8. The molecule has 0 unspecified atom stereocenters.